The second-order valence-corrected chi connectivity index (χ2v) is 2.74. The third-order valence-corrected chi connectivity index (χ3v) is 1.60. The Bertz CT molecular complexity index is 545. The standard InChI is InChI=1S/C7H6N4.BF4/c8-9-7-5-3-1-2-4-6(5)10-11-7;2-1(3,4)5/h1-4,10-11H;/q;-1. The van der Waals surface area contributed by atoms with Crippen molar-refractivity contribution >= 4 is 18.2 Å². The molecule has 2 rings (SSSR count). The van der Waals surface area contributed by atoms with Gasteiger partial charge in [-0.2, -0.15) is 5.10 Å². The zero-order valence-corrected chi connectivity index (χ0v) is 7.79. The monoisotopic (exact) mass is 233 g/mol. The molecule has 1 aromatic carbocycles. The molecule has 16 heavy (non-hydrogen) atoms. The summed E-state index contributed by atoms with van der Waals surface area (Å²) in [5.41, 5.74) is 9.89. The number of nitrogens with one attached hydrogen (secondary N) is 2. The van der Waals surface area contributed by atoms with Crippen LogP contribution in [0.15, 0.2) is 24.3 Å². The van der Waals surface area contributed by atoms with Gasteiger partial charge in [0.05, 0.1) is 5.52 Å². The first-order chi connectivity index (χ1) is 7.42. The maximum absolute atomic E-state index is 9.75. The lowest BCUT2D eigenvalue weighted by atomic mass is 10.3. The van der Waals surface area contributed by atoms with E-state index in [-0.39, 0.29) is 0 Å². The molecule has 0 amide bonds. The van der Waals surface area contributed by atoms with Crippen LogP contribution in [-0.2, 0) is 0 Å². The summed E-state index contributed by atoms with van der Waals surface area (Å²) in [6.07, 6.45) is 0. The number of rotatable bonds is 0. The Morgan fingerprint density at radius 2 is 1.62 bits per heavy atom. The maximum atomic E-state index is 9.75. The summed E-state index contributed by atoms with van der Waals surface area (Å²) in [4.78, 5) is 3.07. The van der Waals surface area contributed by atoms with Crippen LogP contribution >= 0.6 is 0 Å². The van der Waals surface area contributed by atoms with Crippen LogP contribution in [0.3, 0.4) is 0 Å². The van der Waals surface area contributed by atoms with E-state index in [1.54, 1.807) is 0 Å². The molecular weight excluding hydrogens is 227 g/mol. The highest BCUT2D eigenvalue weighted by Gasteiger charge is 2.20. The molecule has 0 saturated carbocycles. The normalized spacial score (nSPS) is 10.5. The van der Waals surface area contributed by atoms with E-state index in [9.17, 15) is 17.3 Å². The molecule has 1 aromatic heterocycles. The summed E-state index contributed by atoms with van der Waals surface area (Å²) >= 11 is 0. The number of aromatic amines is 2. The quantitative estimate of drug-likeness (QED) is 0.302. The molecule has 0 aliphatic rings. The highest BCUT2D eigenvalue weighted by atomic mass is 19.5. The Labute approximate surface area is 86.6 Å². The molecule has 86 valence electrons. The van der Waals surface area contributed by atoms with Gasteiger partial charge in [-0.25, -0.2) is 5.10 Å². The fourth-order valence-electron chi connectivity index (χ4n) is 1.07. The van der Waals surface area contributed by atoms with Crippen molar-refractivity contribution in [2.24, 2.45) is 0 Å². The van der Waals surface area contributed by atoms with Gasteiger partial charge in [-0.1, -0.05) is 12.1 Å². The Morgan fingerprint density at radius 1 is 1.06 bits per heavy atom. The lowest BCUT2D eigenvalue weighted by Gasteiger charge is -1.94. The van der Waals surface area contributed by atoms with Crippen LogP contribution in [0.25, 0.3) is 16.4 Å². The summed E-state index contributed by atoms with van der Waals surface area (Å²) in [7, 11) is -6.00. The molecule has 9 heteroatoms. The van der Waals surface area contributed by atoms with Crippen molar-refractivity contribution in [2.45, 2.75) is 0 Å². The Morgan fingerprint density at radius 3 is 2.19 bits per heavy atom. The van der Waals surface area contributed by atoms with Crippen molar-refractivity contribution in [3.63, 3.8) is 0 Å². The molecule has 2 N–H and O–H groups in total. The first-order valence-electron chi connectivity index (χ1n) is 4.12. The van der Waals surface area contributed by atoms with Gasteiger partial charge >= 0.3 is 12.7 Å². The first kappa shape index (κ1) is 12.1. The van der Waals surface area contributed by atoms with Crippen LogP contribution in [0.1, 0.15) is 0 Å². The molecule has 0 aliphatic heterocycles. The van der Waals surface area contributed by atoms with E-state index >= 15 is 0 Å². The minimum atomic E-state index is -6.00. The number of para-hydroxylation sites is 1. The van der Waals surface area contributed by atoms with E-state index in [4.69, 9.17) is 5.53 Å². The van der Waals surface area contributed by atoms with E-state index < -0.39 is 7.25 Å². The minimum Gasteiger partial charge on any atom is -0.497 e. The molecule has 0 radical (unpaired) electrons. The average Bonchev–Trinajstić information content (AvgIpc) is 2.58. The van der Waals surface area contributed by atoms with Gasteiger partial charge in [0.2, 0.25) is 0 Å². The van der Waals surface area contributed by atoms with Crippen molar-refractivity contribution in [1.82, 2.24) is 10.2 Å². The highest BCUT2D eigenvalue weighted by Crippen LogP contribution is 2.06. The van der Waals surface area contributed by atoms with Crippen LogP contribution in [0.2, 0.25) is 0 Å². The van der Waals surface area contributed by atoms with Gasteiger partial charge in [0.1, 0.15) is 5.39 Å². The number of nitrogens with zero attached hydrogens (tertiary/aromatic N) is 2. The Kier molecular flexibility index (Phi) is 3.52. The number of aromatic nitrogens is 2. The van der Waals surface area contributed by atoms with Crippen molar-refractivity contribution < 1.29 is 22.1 Å². The molecular formula is C7H6BF4N4-. The Hall–Kier alpha value is -2.02. The first-order valence-corrected chi connectivity index (χ1v) is 4.12. The molecule has 0 bridgehead atoms. The van der Waals surface area contributed by atoms with Crippen LogP contribution < -0.4 is 5.49 Å². The fourth-order valence-corrected chi connectivity index (χ4v) is 1.07. The number of fused-ring (bicyclic) bond motifs is 1. The van der Waals surface area contributed by atoms with E-state index in [0.29, 0.717) is 5.49 Å². The predicted octanol–water partition coefficient (Wildman–Crippen LogP) is 1.93. The van der Waals surface area contributed by atoms with Crippen molar-refractivity contribution in [3.05, 3.63) is 35.3 Å². The lowest BCUT2D eigenvalue weighted by molar-refractivity contribution is -0.0697. The molecule has 0 saturated heterocycles. The highest BCUT2D eigenvalue weighted by molar-refractivity contribution is 6.50. The third-order valence-electron chi connectivity index (χ3n) is 1.60. The van der Waals surface area contributed by atoms with Crippen LogP contribution in [-0.4, -0.2) is 22.2 Å². The van der Waals surface area contributed by atoms with Gasteiger partial charge in [0.25, 0.3) is 0 Å². The Balaban J connectivity index is 0.000000221. The molecule has 4 nitrogen and oxygen atoms in total. The molecule has 0 aliphatic carbocycles. The molecule has 1 heterocycles. The molecule has 2 aromatic rings. The summed E-state index contributed by atoms with van der Waals surface area (Å²) in [5, 5.41) is 6.47. The van der Waals surface area contributed by atoms with Crippen molar-refractivity contribution in [2.75, 3.05) is 0 Å². The summed E-state index contributed by atoms with van der Waals surface area (Å²) < 4.78 is 39.0. The number of H-pyrrole nitrogens is 2. The van der Waals surface area contributed by atoms with Gasteiger partial charge in [-0.15, -0.1) is 0 Å². The zero-order chi connectivity index (χ0) is 12.2. The zero-order valence-electron chi connectivity index (χ0n) is 7.79. The molecule has 0 atom stereocenters. The van der Waals surface area contributed by atoms with Crippen LogP contribution in [0.4, 0.5) is 17.3 Å². The maximum Gasteiger partial charge on any atom is 0.673 e. The van der Waals surface area contributed by atoms with Crippen LogP contribution in [0.5, 0.6) is 0 Å². The number of halogens is 4. The van der Waals surface area contributed by atoms with Crippen LogP contribution in [0, 0.1) is 0 Å². The molecule has 0 spiro atoms. The van der Waals surface area contributed by atoms with Gasteiger partial charge in [-0.05, 0) is 12.1 Å². The van der Waals surface area contributed by atoms with Gasteiger partial charge < -0.3 is 27.6 Å². The third kappa shape index (κ3) is 3.62. The minimum absolute atomic E-state index is 0.459. The second-order valence-electron chi connectivity index (χ2n) is 2.74. The summed E-state index contributed by atoms with van der Waals surface area (Å²) in [6.45, 7) is 0. The van der Waals surface area contributed by atoms with Crippen molar-refractivity contribution in [1.29, 1.82) is 0 Å². The summed E-state index contributed by atoms with van der Waals surface area (Å²) in [5.74, 6) is 0. The van der Waals surface area contributed by atoms with Gasteiger partial charge in [0.15, 0.2) is 0 Å². The number of hydrogen-bond donors (Lipinski definition) is 2. The average molecular weight is 233 g/mol. The predicted molar refractivity (Wildman–Crippen MR) is 49.6 cm³/mol. The fraction of sp³-hybridized carbons (Fsp3) is 0. The van der Waals surface area contributed by atoms with Gasteiger partial charge in [0, 0.05) is 0 Å². The lowest BCUT2D eigenvalue weighted by Crippen LogP contribution is -2.02. The van der Waals surface area contributed by atoms with E-state index in [0.717, 1.165) is 10.9 Å². The smallest absolute Gasteiger partial charge is 0.497 e. The number of benzene rings is 1. The van der Waals surface area contributed by atoms with E-state index in [2.05, 4.69) is 15.0 Å². The second kappa shape index (κ2) is 4.67. The number of hydrogen-bond acceptors (Lipinski definition) is 0. The van der Waals surface area contributed by atoms with Crippen molar-refractivity contribution in [3.8, 4) is 0 Å². The molecule has 0 unspecified atom stereocenters. The molecule has 0 fully saturated rings. The van der Waals surface area contributed by atoms with E-state index in [1.807, 2.05) is 24.3 Å². The largest absolute Gasteiger partial charge is 0.673 e. The van der Waals surface area contributed by atoms with E-state index in [1.165, 1.54) is 0 Å². The SMILES string of the molecule is F[B-](F)(F)F.[N-]=[N+]=c1[nH][nH]c2ccccc12. The summed E-state index contributed by atoms with van der Waals surface area (Å²) in [6, 6.07) is 7.57. The van der Waals surface area contributed by atoms with Gasteiger partial charge in [-0.3, -0.25) is 0 Å². The topological polar surface area (TPSA) is 68.0 Å².